The minimum Gasteiger partial charge on any atom is -0.493 e. The number of halogens is 1. The zero-order valence-corrected chi connectivity index (χ0v) is 15.1. The van der Waals surface area contributed by atoms with Gasteiger partial charge in [-0.15, -0.1) is 0 Å². The average Bonchev–Trinajstić information content (AvgIpc) is 2.67. The molecule has 6 nitrogen and oxygen atoms in total. The van der Waals surface area contributed by atoms with Gasteiger partial charge in [-0.1, -0.05) is 18.2 Å². The van der Waals surface area contributed by atoms with Gasteiger partial charge in [0.15, 0.2) is 18.1 Å². The smallest absolute Gasteiger partial charge is 0.258 e. The first-order valence-corrected chi connectivity index (χ1v) is 8.27. The van der Waals surface area contributed by atoms with Gasteiger partial charge in [0.1, 0.15) is 5.82 Å². The van der Waals surface area contributed by atoms with Crippen LogP contribution in [-0.4, -0.2) is 32.1 Å². The van der Waals surface area contributed by atoms with E-state index in [1.807, 2.05) is 25.1 Å². The van der Waals surface area contributed by atoms with E-state index in [0.717, 1.165) is 5.56 Å². The number of carbonyl (C=O) groups is 2. The maximum Gasteiger partial charge on any atom is 0.258 e. The molecule has 0 heterocycles. The molecular formula is C20H21FN2O4. The molecule has 0 aromatic heterocycles. The predicted octanol–water partition coefficient (Wildman–Crippen LogP) is 3.00. The van der Waals surface area contributed by atoms with Gasteiger partial charge in [-0.25, -0.2) is 4.39 Å². The molecule has 0 atom stereocenters. The summed E-state index contributed by atoms with van der Waals surface area (Å²) in [7, 11) is 1.52. The van der Waals surface area contributed by atoms with Gasteiger partial charge in [-0.3, -0.25) is 9.59 Å². The Bertz CT molecular complexity index is 819. The zero-order chi connectivity index (χ0) is 19.6. The molecule has 2 amide bonds. The third-order valence-corrected chi connectivity index (χ3v) is 3.48. The standard InChI is InChI=1S/C20H21FN2O4/c1-3-4-14-5-10-17(18(11-14)26-2)27-13-20(25)22-12-19(24)23-16-8-6-15(21)7-9-16/h3-11H,12-13H2,1-2H3,(H,22,25)(H,23,24). The summed E-state index contributed by atoms with van der Waals surface area (Å²) < 4.78 is 23.5. The van der Waals surface area contributed by atoms with Crippen LogP contribution in [0, 0.1) is 5.82 Å². The Morgan fingerprint density at radius 2 is 1.81 bits per heavy atom. The van der Waals surface area contributed by atoms with Crippen molar-refractivity contribution in [2.24, 2.45) is 0 Å². The average molecular weight is 372 g/mol. The van der Waals surface area contributed by atoms with E-state index in [0.29, 0.717) is 17.2 Å². The normalized spacial score (nSPS) is 10.5. The lowest BCUT2D eigenvalue weighted by molar-refractivity contribution is -0.125. The molecule has 0 aliphatic heterocycles. The van der Waals surface area contributed by atoms with Crippen LogP contribution in [0.25, 0.3) is 6.08 Å². The number of hydrogen-bond acceptors (Lipinski definition) is 4. The number of methoxy groups -OCH3 is 1. The van der Waals surface area contributed by atoms with E-state index in [4.69, 9.17) is 9.47 Å². The Kier molecular flexibility index (Phi) is 7.37. The van der Waals surface area contributed by atoms with Crippen molar-refractivity contribution in [1.29, 1.82) is 0 Å². The Hall–Kier alpha value is -3.35. The first kappa shape index (κ1) is 20.0. The van der Waals surface area contributed by atoms with Crippen LogP contribution in [0.2, 0.25) is 0 Å². The van der Waals surface area contributed by atoms with E-state index >= 15 is 0 Å². The van der Waals surface area contributed by atoms with E-state index in [1.165, 1.54) is 31.4 Å². The summed E-state index contributed by atoms with van der Waals surface area (Å²) in [5.74, 6) is -0.344. The fraction of sp³-hybridized carbons (Fsp3) is 0.200. The van der Waals surface area contributed by atoms with Crippen LogP contribution in [0.1, 0.15) is 12.5 Å². The van der Waals surface area contributed by atoms with Gasteiger partial charge < -0.3 is 20.1 Å². The predicted molar refractivity (Wildman–Crippen MR) is 101 cm³/mol. The van der Waals surface area contributed by atoms with E-state index < -0.39 is 17.6 Å². The number of nitrogens with one attached hydrogen (secondary N) is 2. The second-order valence-corrected chi connectivity index (χ2v) is 5.53. The zero-order valence-electron chi connectivity index (χ0n) is 15.1. The molecule has 0 aliphatic carbocycles. The lowest BCUT2D eigenvalue weighted by Gasteiger charge is -2.11. The van der Waals surface area contributed by atoms with Gasteiger partial charge in [0.2, 0.25) is 5.91 Å². The molecule has 0 fully saturated rings. The second-order valence-electron chi connectivity index (χ2n) is 5.53. The molecule has 2 aromatic carbocycles. The van der Waals surface area contributed by atoms with E-state index in [1.54, 1.807) is 12.1 Å². The summed E-state index contributed by atoms with van der Waals surface area (Å²) in [5, 5.41) is 5.00. The fourth-order valence-electron chi connectivity index (χ4n) is 2.21. The quantitative estimate of drug-likeness (QED) is 0.747. The van der Waals surface area contributed by atoms with E-state index in [-0.39, 0.29) is 13.2 Å². The van der Waals surface area contributed by atoms with Gasteiger partial charge in [0, 0.05) is 5.69 Å². The topological polar surface area (TPSA) is 76.7 Å². The summed E-state index contributed by atoms with van der Waals surface area (Å²) in [6.45, 7) is 1.42. The highest BCUT2D eigenvalue weighted by molar-refractivity contribution is 5.94. The first-order chi connectivity index (χ1) is 13.0. The molecule has 142 valence electrons. The fourth-order valence-corrected chi connectivity index (χ4v) is 2.21. The highest BCUT2D eigenvalue weighted by Gasteiger charge is 2.10. The molecular weight excluding hydrogens is 351 g/mol. The van der Waals surface area contributed by atoms with Gasteiger partial charge in [0.25, 0.3) is 5.91 Å². The number of ether oxygens (including phenoxy) is 2. The van der Waals surface area contributed by atoms with Gasteiger partial charge >= 0.3 is 0 Å². The minimum absolute atomic E-state index is 0.225. The number of benzene rings is 2. The Morgan fingerprint density at radius 3 is 2.48 bits per heavy atom. The number of carbonyl (C=O) groups excluding carboxylic acids is 2. The number of allylic oxidation sites excluding steroid dienone is 1. The molecule has 0 unspecified atom stereocenters. The van der Waals surface area contributed by atoms with Crippen molar-refractivity contribution in [3.63, 3.8) is 0 Å². The number of anilines is 1. The van der Waals surface area contributed by atoms with Gasteiger partial charge in [-0.05, 0) is 48.9 Å². The van der Waals surface area contributed by atoms with Crippen LogP contribution in [0.4, 0.5) is 10.1 Å². The number of rotatable bonds is 8. The first-order valence-electron chi connectivity index (χ1n) is 8.27. The maximum atomic E-state index is 12.8. The molecule has 0 bridgehead atoms. The van der Waals surface area contributed by atoms with Crippen molar-refractivity contribution in [3.8, 4) is 11.5 Å². The summed E-state index contributed by atoms with van der Waals surface area (Å²) in [5.41, 5.74) is 1.39. The third kappa shape index (κ3) is 6.47. The van der Waals surface area contributed by atoms with Crippen molar-refractivity contribution in [2.75, 3.05) is 25.6 Å². The maximum absolute atomic E-state index is 12.8. The summed E-state index contributed by atoms with van der Waals surface area (Å²) in [6.07, 6.45) is 3.82. The van der Waals surface area contributed by atoms with Crippen LogP contribution in [-0.2, 0) is 9.59 Å². The lowest BCUT2D eigenvalue weighted by Crippen LogP contribution is -2.35. The molecule has 0 aliphatic rings. The summed E-state index contributed by atoms with van der Waals surface area (Å²) in [6, 6.07) is 10.7. The van der Waals surface area contributed by atoms with Gasteiger partial charge in [0.05, 0.1) is 13.7 Å². The molecule has 2 aromatic rings. The van der Waals surface area contributed by atoms with Crippen molar-refractivity contribution in [1.82, 2.24) is 5.32 Å². The van der Waals surface area contributed by atoms with Crippen molar-refractivity contribution >= 4 is 23.6 Å². The molecule has 0 radical (unpaired) electrons. The highest BCUT2D eigenvalue weighted by atomic mass is 19.1. The van der Waals surface area contributed by atoms with Crippen molar-refractivity contribution in [3.05, 3.63) is 59.9 Å². The highest BCUT2D eigenvalue weighted by Crippen LogP contribution is 2.28. The molecule has 27 heavy (non-hydrogen) atoms. The Morgan fingerprint density at radius 1 is 1.07 bits per heavy atom. The second kappa shape index (κ2) is 9.96. The van der Waals surface area contributed by atoms with Crippen molar-refractivity contribution < 1.29 is 23.5 Å². The third-order valence-electron chi connectivity index (χ3n) is 3.48. The Balaban J connectivity index is 1.80. The van der Waals surface area contributed by atoms with E-state index in [2.05, 4.69) is 10.6 Å². The molecule has 0 spiro atoms. The molecule has 7 heteroatoms. The summed E-state index contributed by atoms with van der Waals surface area (Å²) >= 11 is 0. The summed E-state index contributed by atoms with van der Waals surface area (Å²) in [4.78, 5) is 23.7. The minimum atomic E-state index is -0.455. The molecule has 2 rings (SSSR count). The van der Waals surface area contributed by atoms with Gasteiger partial charge in [-0.2, -0.15) is 0 Å². The largest absolute Gasteiger partial charge is 0.493 e. The number of hydrogen-bond donors (Lipinski definition) is 2. The molecule has 0 saturated carbocycles. The van der Waals surface area contributed by atoms with Crippen LogP contribution in [0.15, 0.2) is 48.5 Å². The molecule has 2 N–H and O–H groups in total. The monoisotopic (exact) mass is 372 g/mol. The Labute approximate surface area is 157 Å². The SMILES string of the molecule is CC=Cc1ccc(OCC(=O)NCC(=O)Nc2ccc(F)cc2)c(OC)c1. The van der Waals surface area contributed by atoms with Crippen LogP contribution in [0.5, 0.6) is 11.5 Å². The van der Waals surface area contributed by atoms with Crippen LogP contribution < -0.4 is 20.1 Å². The lowest BCUT2D eigenvalue weighted by atomic mass is 10.2. The van der Waals surface area contributed by atoms with Crippen LogP contribution in [0.3, 0.4) is 0 Å². The van der Waals surface area contributed by atoms with Crippen molar-refractivity contribution in [2.45, 2.75) is 6.92 Å². The molecule has 0 saturated heterocycles. The van der Waals surface area contributed by atoms with Crippen LogP contribution >= 0.6 is 0 Å². The van der Waals surface area contributed by atoms with E-state index in [9.17, 15) is 14.0 Å². The number of amides is 2.